The maximum absolute atomic E-state index is 8.86. The second-order valence-corrected chi connectivity index (χ2v) is 3.34. The minimum atomic E-state index is 0.215. The third kappa shape index (κ3) is 3.09. The Bertz CT molecular complexity index is 276. The number of likely N-dealkylation sites (N-methyl/N-ethyl adjacent to an activating group) is 1. The SMILES string of the molecule is CCN(CCO)Cc1cccnc1C. The van der Waals surface area contributed by atoms with Gasteiger partial charge < -0.3 is 5.11 Å². The molecule has 1 aromatic rings. The van der Waals surface area contributed by atoms with Crippen LogP contribution in [0.2, 0.25) is 0 Å². The Morgan fingerprint density at radius 3 is 2.86 bits per heavy atom. The number of aliphatic hydroxyl groups is 1. The molecule has 1 heterocycles. The lowest BCUT2D eigenvalue weighted by atomic mass is 10.2. The molecule has 0 radical (unpaired) electrons. The van der Waals surface area contributed by atoms with E-state index in [2.05, 4.69) is 22.9 Å². The minimum absolute atomic E-state index is 0.215. The minimum Gasteiger partial charge on any atom is -0.395 e. The van der Waals surface area contributed by atoms with E-state index in [0.717, 1.165) is 25.3 Å². The lowest BCUT2D eigenvalue weighted by Crippen LogP contribution is -2.26. The summed E-state index contributed by atoms with van der Waals surface area (Å²) in [5.74, 6) is 0. The predicted octanol–water partition coefficient (Wildman–Crippen LogP) is 1.20. The fourth-order valence-corrected chi connectivity index (χ4v) is 1.42. The van der Waals surface area contributed by atoms with Crippen LogP contribution in [-0.4, -0.2) is 34.7 Å². The molecule has 78 valence electrons. The van der Waals surface area contributed by atoms with Crippen molar-refractivity contribution in [2.75, 3.05) is 19.7 Å². The summed E-state index contributed by atoms with van der Waals surface area (Å²) in [4.78, 5) is 6.44. The fraction of sp³-hybridized carbons (Fsp3) is 0.545. The average Bonchev–Trinajstić information content (AvgIpc) is 2.20. The molecule has 0 bridgehead atoms. The van der Waals surface area contributed by atoms with Gasteiger partial charge in [-0.2, -0.15) is 0 Å². The molecule has 3 nitrogen and oxygen atoms in total. The van der Waals surface area contributed by atoms with Gasteiger partial charge in [0.05, 0.1) is 6.61 Å². The third-order valence-corrected chi connectivity index (χ3v) is 2.37. The second kappa shape index (κ2) is 5.73. The average molecular weight is 194 g/mol. The van der Waals surface area contributed by atoms with E-state index in [1.807, 2.05) is 13.0 Å². The van der Waals surface area contributed by atoms with Gasteiger partial charge in [-0.15, -0.1) is 0 Å². The van der Waals surface area contributed by atoms with E-state index in [-0.39, 0.29) is 6.61 Å². The number of aryl methyl sites for hydroxylation is 1. The molecule has 0 aliphatic rings. The summed E-state index contributed by atoms with van der Waals surface area (Å²) in [5, 5.41) is 8.86. The number of aromatic nitrogens is 1. The van der Waals surface area contributed by atoms with Gasteiger partial charge in [0, 0.05) is 25.0 Å². The van der Waals surface area contributed by atoms with Crippen LogP contribution < -0.4 is 0 Å². The van der Waals surface area contributed by atoms with Gasteiger partial charge in [-0.3, -0.25) is 9.88 Å². The Hall–Kier alpha value is -0.930. The van der Waals surface area contributed by atoms with Crippen LogP contribution in [0, 0.1) is 6.92 Å². The van der Waals surface area contributed by atoms with Gasteiger partial charge in [0.25, 0.3) is 0 Å². The number of hydrogen-bond acceptors (Lipinski definition) is 3. The van der Waals surface area contributed by atoms with Crippen LogP contribution in [0.4, 0.5) is 0 Å². The van der Waals surface area contributed by atoms with Gasteiger partial charge in [-0.1, -0.05) is 13.0 Å². The summed E-state index contributed by atoms with van der Waals surface area (Å²) in [5.41, 5.74) is 2.31. The molecular formula is C11H18N2O. The summed E-state index contributed by atoms with van der Waals surface area (Å²) in [7, 11) is 0. The van der Waals surface area contributed by atoms with E-state index in [1.165, 1.54) is 5.56 Å². The number of hydrogen-bond donors (Lipinski definition) is 1. The Morgan fingerprint density at radius 2 is 2.29 bits per heavy atom. The van der Waals surface area contributed by atoms with Crippen LogP contribution in [0.25, 0.3) is 0 Å². The first-order valence-corrected chi connectivity index (χ1v) is 5.01. The standard InChI is InChI=1S/C11H18N2O/c1-3-13(7-8-14)9-11-5-4-6-12-10(11)2/h4-6,14H,3,7-9H2,1-2H3. The second-order valence-electron chi connectivity index (χ2n) is 3.34. The van der Waals surface area contributed by atoms with Gasteiger partial charge in [0.2, 0.25) is 0 Å². The molecule has 1 N–H and O–H groups in total. The van der Waals surface area contributed by atoms with Crippen molar-refractivity contribution in [1.82, 2.24) is 9.88 Å². The first-order chi connectivity index (χ1) is 6.77. The van der Waals surface area contributed by atoms with Crippen LogP contribution in [0.5, 0.6) is 0 Å². The van der Waals surface area contributed by atoms with Gasteiger partial charge in [-0.05, 0) is 25.1 Å². The van der Waals surface area contributed by atoms with Crippen LogP contribution in [0.1, 0.15) is 18.2 Å². The highest BCUT2D eigenvalue weighted by Crippen LogP contribution is 2.07. The van der Waals surface area contributed by atoms with Crippen molar-refractivity contribution in [1.29, 1.82) is 0 Å². The number of aliphatic hydroxyl groups excluding tert-OH is 1. The first kappa shape index (κ1) is 11.1. The molecule has 0 fully saturated rings. The fourth-order valence-electron chi connectivity index (χ4n) is 1.42. The van der Waals surface area contributed by atoms with E-state index >= 15 is 0 Å². The summed E-state index contributed by atoms with van der Waals surface area (Å²) < 4.78 is 0. The molecule has 14 heavy (non-hydrogen) atoms. The lowest BCUT2D eigenvalue weighted by Gasteiger charge is -2.19. The molecule has 1 rings (SSSR count). The smallest absolute Gasteiger partial charge is 0.0558 e. The monoisotopic (exact) mass is 194 g/mol. The van der Waals surface area contributed by atoms with E-state index in [9.17, 15) is 0 Å². The summed E-state index contributed by atoms with van der Waals surface area (Å²) in [6.45, 7) is 6.88. The van der Waals surface area contributed by atoms with Crippen LogP contribution in [-0.2, 0) is 6.54 Å². The maximum atomic E-state index is 8.86. The Balaban J connectivity index is 2.62. The van der Waals surface area contributed by atoms with Crippen molar-refractivity contribution in [3.63, 3.8) is 0 Å². The topological polar surface area (TPSA) is 36.4 Å². The molecule has 0 unspecified atom stereocenters. The zero-order valence-electron chi connectivity index (χ0n) is 8.90. The lowest BCUT2D eigenvalue weighted by molar-refractivity contribution is 0.196. The summed E-state index contributed by atoms with van der Waals surface area (Å²) >= 11 is 0. The highest BCUT2D eigenvalue weighted by molar-refractivity contribution is 5.17. The van der Waals surface area contributed by atoms with Gasteiger partial charge in [0.15, 0.2) is 0 Å². The van der Waals surface area contributed by atoms with Crippen molar-refractivity contribution in [2.45, 2.75) is 20.4 Å². The van der Waals surface area contributed by atoms with Crippen LogP contribution >= 0.6 is 0 Å². The summed E-state index contributed by atoms with van der Waals surface area (Å²) in [6.07, 6.45) is 1.81. The zero-order valence-corrected chi connectivity index (χ0v) is 8.90. The molecule has 0 amide bonds. The van der Waals surface area contributed by atoms with Crippen molar-refractivity contribution >= 4 is 0 Å². The highest BCUT2D eigenvalue weighted by Gasteiger charge is 2.04. The van der Waals surface area contributed by atoms with Crippen LogP contribution in [0.15, 0.2) is 18.3 Å². The summed E-state index contributed by atoms with van der Waals surface area (Å²) in [6, 6.07) is 4.04. The normalized spacial score (nSPS) is 10.9. The Kier molecular flexibility index (Phi) is 4.56. The Labute approximate surface area is 85.4 Å². The molecular weight excluding hydrogens is 176 g/mol. The van der Waals surface area contributed by atoms with Crippen molar-refractivity contribution in [2.24, 2.45) is 0 Å². The highest BCUT2D eigenvalue weighted by atomic mass is 16.3. The molecule has 0 aliphatic carbocycles. The Morgan fingerprint density at radius 1 is 1.50 bits per heavy atom. The molecule has 1 aromatic heterocycles. The van der Waals surface area contributed by atoms with E-state index in [0.29, 0.717) is 0 Å². The van der Waals surface area contributed by atoms with E-state index in [1.54, 1.807) is 6.20 Å². The van der Waals surface area contributed by atoms with Crippen molar-refractivity contribution in [3.05, 3.63) is 29.6 Å². The van der Waals surface area contributed by atoms with Crippen molar-refractivity contribution < 1.29 is 5.11 Å². The van der Waals surface area contributed by atoms with E-state index in [4.69, 9.17) is 5.11 Å². The molecule has 0 spiro atoms. The molecule has 0 saturated heterocycles. The zero-order chi connectivity index (χ0) is 10.4. The molecule has 0 saturated carbocycles. The predicted molar refractivity (Wildman–Crippen MR) is 57.0 cm³/mol. The molecule has 0 atom stereocenters. The molecule has 0 aliphatic heterocycles. The third-order valence-electron chi connectivity index (χ3n) is 2.37. The maximum Gasteiger partial charge on any atom is 0.0558 e. The molecule has 0 aromatic carbocycles. The molecule has 3 heteroatoms. The van der Waals surface area contributed by atoms with Gasteiger partial charge >= 0.3 is 0 Å². The van der Waals surface area contributed by atoms with Gasteiger partial charge in [-0.25, -0.2) is 0 Å². The number of rotatable bonds is 5. The van der Waals surface area contributed by atoms with Crippen molar-refractivity contribution in [3.8, 4) is 0 Å². The number of nitrogens with zero attached hydrogens (tertiary/aromatic N) is 2. The largest absolute Gasteiger partial charge is 0.395 e. The number of pyridine rings is 1. The van der Waals surface area contributed by atoms with Crippen LogP contribution in [0.3, 0.4) is 0 Å². The van der Waals surface area contributed by atoms with Gasteiger partial charge in [0.1, 0.15) is 0 Å². The quantitative estimate of drug-likeness (QED) is 0.765. The first-order valence-electron chi connectivity index (χ1n) is 5.01. The van der Waals surface area contributed by atoms with E-state index < -0.39 is 0 Å².